The van der Waals surface area contributed by atoms with Crippen LogP contribution in [0.2, 0.25) is 0 Å². The molecule has 0 amide bonds. The first kappa shape index (κ1) is 23.7. The highest BCUT2D eigenvalue weighted by Gasteiger charge is 2.22. The first-order valence-electron chi connectivity index (χ1n) is 11.8. The molecule has 1 saturated heterocycles. The number of pyridine rings is 1. The van der Waals surface area contributed by atoms with Gasteiger partial charge in [-0.3, -0.25) is 4.79 Å². The van der Waals surface area contributed by atoms with Gasteiger partial charge in [0.2, 0.25) is 5.95 Å². The van der Waals surface area contributed by atoms with Gasteiger partial charge in [-0.25, -0.2) is 19.3 Å². The van der Waals surface area contributed by atoms with E-state index in [0.29, 0.717) is 28.5 Å². The Labute approximate surface area is 208 Å². The second-order valence-corrected chi connectivity index (χ2v) is 9.13. The lowest BCUT2D eigenvalue weighted by atomic mass is 10.1. The molecule has 1 aliphatic rings. The highest BCUT2D eigenvalue weighted by atomic mass is 16.5. The van der Waals surface area contributed by atoms with Gasteiger partial charge in [0.15, 0.2) is 11.5 Å². The SMILES string of the molecule is C=CCn1c(=O)c2cnc(Nc3ccc(N4CCOCC4)cc3)nc2n1-c1cccc(C(C)(C)O)n1. The minimum atomic E-state index is -1.14. The van der Waals surface area contributed by atoms with Gasteiger partial charge in [0.05, 0.1) is 25.5 Å². The Morgan fingerprint density at radius 3 is 2.58 bits per heavy atom. The number of aliphatic hydroxyl groups is 1. The van der Waals surface area contributed by atoms with E-state index in [4.69, 9.17) is 4.74 Å². The molecule has 0 atom stereocenters. The van der Waals surface area contributed by atoms with Gasteiger partial charge in [0.1, 0.15) is 11.0 Å². The number of anilines is 3. The van der Waals surface area contributed by atoms with Gasteiger partial charge in [-0.2, -0.15) is 4.98 Å². The second kappa shape index (κ2) is 9.56. The zero-order chi connectivity index (χ0) is 25.3. The number of morpholine rings is 1. The Hall–Kier alpha value is -4.02. The summed E-state index contributed by atoms with van der Waals surface area (Å²) in [6.07, 6.45) is 3.16. The zero-order valence-electron chi connectivity index (χ0n) is 20.4. The van der Waals surface area contributed by atoms with Crippen LogP contribution in [-0.2, 0) is 16.9 Å². The number of ether oxygens (including phenoxy) is 1. The molecule has 3 aromatic heterocycles. The molecule has 1 aliphatic heterocycles. The minimum Gasteiger partial charge on any atom is -0.384 e. The molecule has 0 saturated carbocycles. The molecule has 1 aromatic carbocycles. The fraction of sp³-hybridized carbons (Fsp3) is 0.308. The average Bonchev–Trinajstić information content (AvgIpc) is 3.15. The van der Waals surface area contributed by atoms with Crippen LogP contribution >= 0.6 is 0 Å². The van der Waals surface area contributed by atoms with Crippen molar-refractivity contribution in [1.82, 2.24) is 24.3 Å². The molecule has 0 bridgehead atoms. The molecule has 1 fully saturated rings. The van der Waals surface area contributed by atoms with Crippen LogP contribution < -0.4 is 15.8 Å². The van der Waals surface area contributed by atoms with Crippen LogP contribution in [0.15, 0.2) is 66.1 Å². The summed E-state index contributed by atoms with van der Waals surface area (Å²) >= 11 is 0. The largest absolute Gasteiger partial charge is 0.384 e. The van der Waals surface area contributed by atoms with Gasteiger partial charge < -0.3 is 20.1 Å². The summed E-state index contributed by atoms with van der Waals surface area (Å²) in [4.78, 5) is 29.1. The lowest BCUT2D eigenvalue weighted by Crippen LogP contribution is -2.36. The Kier molecular flexibility index (Phi) is 6.29. The molecule has 4 aromatic rings. The fourth-order valence-electron chi connectivity index (χ4n) is 4.20. The van der Waals surface area contributed by atoms with Crippen molar-refractivity contribution >= 4 is 28.4 Å². The summed E-state index contributed by atoms with van der Waals surface area (Å²) in [5.74, 6) is 0.813. The number of nitrogens with one attached hydrogen (secondary N) is 1. The van der Waals surface area contributed by atoms with Crippen LogP contribution in [0.1, 0.15) is 19.5 Å². The molecule has 36 heavy (non-hydrogen) atoms. The van der Waals surface area contributed by atoms with Gasteiger partial charge >= 0.3 is 0 Å². The molecule has 186 valence electrons. The van der Waals surface area contributed by atoms with E-state index < -0.39 is 5.60 Å². The third-order valence-corrected chi connectivity index (χ3v) is 6.06. The maximum absolute atomic E-state index is 13.2. The molecule has 5 rings (SSSR count). The van der Waals surface area contributed by atoms with E-state index in [9.17, 15) is 9.90 Å². The first-order chi connectivity index (χ1) is 17.3. The predicted octanol–water partition coefficient (Wildman–Crippen LogP) is 2.97. The predicted molar refractivity (Wildman–Crippen MR) is 139 cm³/mol. The maximum atomic E-state index is 13.2. The number of allylic oxidation sites excluding steroid dienone is 1. The lowest BCUT2D eigenvalue weighted by molar-refractivity contribution is 0.0738. The number of nitrogens with zero attached hydrogens (tertiary/aromatic N) is 6. The highest BCUT2D eigenvalue weighted by molar-refractivity contribution is 5.77. The first-order valence-corrected chi connectivity index (χ1v) is 11.8. The molecular formula is C26H29N7O3. The average molecular weight is 488 g/mol. The molecule has 4 heterocycles. The van der Waals surface area contributed by atoms with Gasteiger partial charge in [-0.1, -0.05) is 12.1 Å². The smallest absolute Gasteiger partial charge is 0.278 e. The summed E-state index contributed by atoms with van der Waals surface area (Å²) in [6.45, 7) is 10.6. The fourth-order valence-corrected chi connectivity index (χ4v) is 4.20. The van der Waals surface area contributed by atoms with Crippen molar-refractivity contribution in [2.75, 3.05) is 36.5 Å². The van der Waals surface area contributed by atoms with Crippen molar-refractivity contribution in [2.24, 2.45) is 0 Å². The van der Waals surface area contributed by atoms with Gasteiger partial charge in [0.25, 0.3) is 5.56 Å². The van der Waals surface area contributed by atoms with Gasteiger partial charge in [-0.05, 0) is 50.2 Å². The summed E-state index contributed by atoms with van der Waals surface area (Å²) < 4.78 is 8.58. The van der Waals surface area contributed by atoms with Crippen LogP contribution in [0.25, 0.3) is 16.9 Å². The number of hydrogen-bond acceptors (Lipinski definition) is 8. The van der Waals surface area contributed by atoms with Gasteiger partial charge in [-0.15, -0.1) is 6.58 Å². The highest BCUT2D eigenvalue weighted by Crippen LogP contribution is 2.23. The molecule has 0 aliphatic carbocycles. The number of hydrogen-bond donors (Lipinski definition) is 2. The summed E-state index contributed by atoms with van der Waals surface area (Å²) in [5.41, 5.74) is 1.46. The molecule has 0 radical (unpaired) electrons. The van der Waals surface area contributed by atoms with E-state index in [0.717, 1.165) is 37.7 Å². The van der Waals surface area contributed by atoms with Crippen molar-refractivity contribution < 1.29 is 9.84 Å². The van der Waals surface area contributed by atoms with Crippen LogP contribution in [0.4, 0.5) is 17.3 Å². The van der Waals surface area contributed by atoms with Crippen LogP contribution in [0.3, 0.4) is 0 Å². The molecule has 2 N–H and O–H groups in total. The second-order valence-electron chi connectivity index (χ2n) is 9.13. The topological polar surface area (TPSA) is 110 Å². The zero-order valence-corrected chi connectivity index (χ0v) is 20.4. The number of aromatic nitrogens is 5. The number of benzene rings is 1. The Balaban J connectivity index is 1.53. The third-order valence-electron chi connectivity index (χ3n) is 6.06. The molecule has 10 nitrogen and oxygen atoms in total. The van der Waals surface area contributed by atoms with Crippen molar-refractivity contribution in [1.29, 1.82) is 0 Å². The third kappa shape index (κ3) is 4.60. The van der Waals surface area contributed by atoms with Crippen LogP contribution in [0, 0.1) is 0 Å². The Morgan fingerprint density at radius 2 is 1.89 bits per heavy atom. The van der Waals surface area contributed by atoms with Crippen molar-refractivity contribution in [3.63, 3.8) is 0 Å². The normalized spacial score (nSPS) is 14.2. The number of rotatable bonds is 7. The minimum absolute atomic E-state index is 0.248. The Morgan fingerprint density at radius 1 is 1.14 bits per heavy atom. The Bertz CT molecular complexity index is 1450. The molecule has 0 spiro atoms. The molecular weight excluding hydrogens is 458 g/mol. The van der Waals surface area contributed by atoms with Crippen molar-refractivity contribution in [2.45, 2.75) is 26.0 Å². The molecule has 10 heteroatoms. The standard InChI is InChI=1S/C26H29N7O3/c1-4-12-32-24(34)20-17-27-25(28-18-8-10-19(11-9-18)31-13-15-36-16-14-31)30-23(20)33(32)22-7-5-6-21(29-22)26(2,3)35/h4-11,17,35H,1,12-16H2,2-3H3,(H,27,28,30). The lowest BCUT2D eigenvalue weighted by Gasteiger charge is -2.28. The van der Waals surface area contributed by atoms with Crippen LogP contribution in [-0.4, -0.2) is 55.7 Å². The van der Waals surface area contributed by atoms with Gasteiger partial charge in [0, 0.05) is 30.7 Å². The summed E-state index contributed by atoms with van der Waals surface area (Å²) in [5, 5.41) is 14.1. The van der Waals surface area contributed by atoms with Crippen LogP contribution in [0.5, 0.6) is 0 Å². The monoisotopic (exact) mass is 487 g/mol. The maximum Gasteiger partial charge on any atom is 0.278 e. The summed E-state index contributed by atoms with van der Waals surface area (Å²) in [7, 11) is 0. The van der Waals surface area contributed by atoms with E-state index in [1.54, 1.807) is 42.8 Å². The van der Waals surface area contributed by atoms with E-state index >= 15 is 0 Å². The van der Waals surface area contributed by atoms with E-state index in [1.165, 1.54) is 10.9 Å². The summed E-state index contributed by atoms with van der Waals surface area (Å²) in [6, 6.07) is 13.4. The molecule has 0 unspecified atom stereocenters. The van der Waals surface area contributed by atoms with E-state index in [-0.39, 0.29) is 12.1 Å². The quantitative estimate of drug-likeness (QED) is 0.383. The van der Waals surface area contributed by atoms with E-state index in [1.807, 2.05) is 12.1 Å². The number of fused-ring (bicyclic) bond motifs is 1. The van der Waals surface area contributed by atoms with E-state index in [2.05, 4.69) is 43.9 Å². The van der Waals surface area contributed by atoms with Crippen molar-refractivity contribution in [3.8, 4) is 5.82 Å². The van der Waals surface area contributed by atoms with Crippen molar-refractivity contribution in [3.05, 3.63) is 77.4 Å².